The summed E-state index contributed by atoms with van der Waals surface area (Å²) >= 11 is 0. The number of rotatable bonds is 8. The molecule has 0 aliphatic carbocycles. The first-order chi connectivity index (χ1) is 15.0. The lowest BCUT2D eigenvalue weighted by atomic mass is 9.84. The van der Waals surface area contributed by atoms with Gasteiger partial charge in [0, 0.05) is 19.2 Å². The number of nitrogens with zero attached hydrogens (tertiary/aromatic N) is 2. The van der Waals surface area contributed by atoms with Crippen molar-refractivity contribution in [1.29, 1.82) is 0 Å². The molecule has 0 radical (unpaired) electrons. The smallest absolute Gasteiger partial charge is 0.331 e. The highest BCUT2D eigenvalue weighted by Crippen LogP contribution is 2.28. The first-order valence-electron chi connectivity index (χ1n) is 11.8. The lowest BCUT2D eigenvalue weighted by molar-refractivity contribution is -0.142. The minimum atomic E-state index is -1.02. The van der Waals surface area contributed by atoms with E-state index < -0.39 is 35.0 Å². The molecule has 33 heavy (non-hydrogen) atoms. The Bertz CT molecular complexity index is 801. The quantitative estimate of drug-likeness (QED) is 0.428. The van der Waals surface area contributed by atoms with Gasteiger partial charge in [-0.25, -0.2) is 4.79 Å². The van der Waals surface area contributed by atoms with E-state index in [9.17, 15) is 19.5 Å². The van der Waals surface area contributed by atoms with Crippen LogP contribution < -0.4 is 5.32 Å². The molecule has 1 aliphatic rings. The molecule has 1 rings (SSSR count). The average molecular weight is 462 g/mol. The summed E-state index contributed by atoms with van der Waals surface area (Å²) < 4.78 is 0. The number of hydrogen-bond acceptors (Lipinski definition) is 4. The largest absolute Gasteiger partial charge is 0.478 e. The van der Waals surface area contributed by atoms with Gasteiger partial charge in [0.1, 0.15) is 6.04 Å². The third-order valence-electron chi connectivity index (χ3n) is 6.51. The minimum Gasteiger partial charge on any atom is -0.478 e. The van der Waals surface area contributed by atoms with E-state index in [-0.39, 0.29) is 23.3 Å². The fourth-order valence-electron chi connectivity index (χ4n) is 4.27. The summed E-state index contributed by atoms with van der Waals surface area (Å²) in [6.45, 7) is 15.7. The summed E-state index contributed by atoms with van der Waals surface area (Å²) in [5, 5.41) is 12.3. The monoisotopic (exact) mass is 461 g/mol. The number of likely N-dealkylation sites (tertiary alicyclic amines) is 1. The van der Waals surface area contributed by atoms with Crippen LogP contribution in [0, 0.1) is 23.7 Å². The fourth-order valence-corrected chi connectivity index (χ4v) is 4.27. The minimum absolute atomic E-state index is 0.00478. The van der Waals surface area contributed by atoms with Crippen molar-refractivity contribution in [2.24, 2.45) is 11.3 Å². The molecule has 0 bridgehead atoms. The van der Waals surface area contributed by atoms with Gasteiger partial charge in [0.05, 0.1) is 17.6 Å². The Morgan fingerprint density at radius 3 is 2.21 bits per heavy atom. The number of terminal acetylenes is 1. The normalized spacial score (nSPS) is 20.0. The number of carboxylic acid groups (broad SMARTS) is 1. The fraction of sp³-hybridized carbons (Fsp3) is 0.731. The molecule has 0 saturated carbocycles. The van der Waals surface area contributed by atoms with Crippen molar-refractivity contribution in [2.45, 2.75) is 98.3 Å². The number of amides is 2. The van der Waals surface area contributed by atoms with Gasteiger partial charge in [-0.1, -0.05) is 53.0 Å². The number of hydrogen-bond donors (Lipinski definition) is 2. The van der Waals surface area contributed by atoms with E-state index in [0.717, 1.165) is 19.4 Å². The Kier molecular flexibility index (Phi) is 9.74. The summed E-state index contributed by atoms with van der Waals surface area (Å²) in [7, 11) is 1.66. The Morgan fingerprint density at radius 1 is 1.18 bits per heavy atom. The maximum Gasteiger partial charge on any atom is 0.331 e. The number of nitrogens with one attached hydrogen (secondary N) is 1. The SMILES string of the molecule is C#CC(C)(C)N1CCCC[C@@H]1C(=O)NC(C(=O)N(C)C(/C=C(\C)C(=O)O)C(C)C)C(C)(C)C. The van der Waals surface area contributed by atoms with Crippen LogP contribution in [0.5, 0.6) is 0 Å². The van der Waals surface area contributed by atoms with Crippen LogP contribution in [-0.4, -0.2) is 69.9 Å². The highest BCUT2D eigenvalue weighted by atomic mass is 16.4. The van der Waals surface area contributed by atoms with Crippen molar-refractivity contribution in [3.63, 3.8) is 0 Å². The maximum atomic E-state index is 13.6. The van der Waals surface area contributed by atoms with Gasteiger partial charge in [0.15, 0.2) is 0 Å². The predicted octanol–water partition coefficient (Wildman–Crippen LogP) is 3.30. The first-order valence-corrected chi connectivity index (χ1v) is 11.8. The van der Waals surface area contributed by atoms with Crippen LogP contribution in [0.15, 0.2) is 11.6 Å². The van der Waals surface area contributed by atoms with Gasteiger partial charge in [0.2, 0.25) is 11.8 Å². The van der Waals surface area contributed by atoms with Crippen molar-refractivity contribution >= 4 is 17.8 Å². The summed E-state index contributed by atoms with van der Waals surface area (Å²) in [5.74, 6) is 1.32. The van der Waals surface area contributed by atoms with Crippen LogP contribution in [0.1, 0.15) is 74.7 Å². The molecule has 2 N–H and O–H groups in total. The third-order valence-corrected chi connectivity index (χ3v) is 6.51. The molecule has 1 fully saturated rings. The van der Waals surface area contributed by atoms with Crippen LogP contribution >= 0.6 is 0 Å². The number of piperidine rings is 1. The summed E-state index contributed by atoms with van der Waals surface area (Å²) in [5.41, 5.74) is -0.934. The lowest BCUT2D eigenvalue weighted by Gasteiger charge is -2.44. The van der Waals surface area contributed by atoms with Crippen molar-refractivity contribution < 1.29 is 19.5 Å². The zero-order valence-electron chi connectivity index (χ0n) is 21.9. The first kappa shape index (κ1) is 28.7. The molecule has 0 aromatic rings. The second-order valence-corrected chi connectivity index (χ2v) is 11.1. The average Bonchev–Trinajstić information content (AvgIpc) is 2.73. The number of carboxylic acids is 1. The molecule has 2 unspecified atom stereocenters. The van der Waals surface area contributed by atoms with Crippen molar-refractivity contribution in [1.82, 2.24) is 15.1 Å². The van der Waals surface area contributed by atoms with Crippen LogP contribution in [0.3, 0.4) is 0 Å². The molecular formula is C26H43N3O4. The highest BCUT2D eigenvalue weighted by Gasteiger charge is 2.41. The van der Waals surface area contributed by atoms with Crippen LogP contribution in [0.25, 0.3) is 0 Å². The summed E-state index contributed by atoms with van der Waals surface area (Å²) in [6.07, 6.45) is 9.94. The molecule has 1 saturated heterocycles. The van der Waals surface area contributed by atoms with Crippen molar-refractivity contribution in [2.75, 3.05) is 13.6 Å². The van der Waals surface area contributed by atoms with Crippen molar-refractivity contribution in [3.8, 4) is 12.3 Å². The molecular weight excluding hydrogens is 418 g/mol. The van der Waals surface area contributed by atoms with E-state index in [1.54, 1.807) is 18.0 Å². The van der Waals surface area contributed by atoms with E-state index >= 15 is 0 Å². The van der Waals surface area contributed by atoms with E-state index in [4.69, 9.17) is 6.42 Å². The highest BCUT2D eigenvalue weighted by molar-refractivity contribution is 5.91. The molecule has 3 atom stereocenters. The lowest BCUT2D eigenvalue weighted by Crippen LogP contribution is -2.62. The molecule has 1 heterocycles. The van der Waals surface area contributed by atoms with E-state index in [0.29, 0.717) is 6.42 Å². The molecule has 186 valence electrons. The maximum absolute atomic E-state index is 13.6. The van der Waals surface area contributed by atoms with Gasteiger partial charge in [-0.15, -0.1) is 6.42 Å². The Hall–Kier alpha value is -2.33. The summed E-state index contributed by atoms with van der Waals surface area (Å²) in [6, 6.07) is -1.59. The van der Waals surface area contributed by atoms with Crippen molar-refractivity contribution in [3.05, 3.63) is 11.6 Å². The Labute approximate surface area is 200 Å². The predicted molar refractivity (Wildman–Crippen MR) is 131 cm³/mol. The van der Waals surface area contributed by atoms with E-state index in [1.165, 1.54) is 6.92 Å². The Balaban J connectivity index is 3.23. The topological polar surface area (TPSA) is 90.0 Å². The number of aliphatic carboxylic acids is 1. The second kappa shape index (κ2) is 11.2. The molecule has 0 aromatic carbocycles. The van der Waals surface area contributed by atoms with E-state index in [1.807, 2.05) is 48.5 Å². The number of carbonyl (C=O) groups is 3. The standard InChI is InChI=1S/C26H43N3O4/c1-11-26(8,9)29-15-13-12-14-19(29)22(30)27-21(25(5,6)7)23(31)28(10)20(17(2)3)16-18(4)24(32)33/h1,16-17,19-21H,12-15H2,2-10H3,(H,27,30)(H,32,33)/b18-16+/t19-,20?,21?/m1/s1. The third kappa shape index (κ3) is 7.33. The zero-order valence-corrected chi connectivity index (χ0v) is 21.9. The van der Waals surface area contributed by atoms with Crippen LogP contribution in [0.4, 0.5) is 0 Å². The molecule has 1 aliphatic heterocycles. The van der Waals surface area contributed by atoms with Gasteiger partial charge in [-0.05, 0) is 44.9 Å². The number of likely N-dealkylation sites (N-methyl/N-ethyl adjacent to an activating group) is 1. The van der Waals surface area contributed by atoms with E-state index in [2.05, 4.69) is 16.1 Å². The molecule has 0 aromatic heterocycles. The van der Waals surface area contributed by atoms with Gasteiger partial charge in [0.25, 0.3) is 0 Å². The molecule has 2 amide bonds. The number of carbonyl (C=O) groups excluding carboxylic acids is 2. The zero-order chi connectivity index (χ0) is 25.7. The summed E-state index contributed by atoms with van der Waals surface area (Å²) in [4.78, 5) is 42.0. The molecule has 0 spiro atoms. The Morgan fingerprint density at radius 2 is 1.76 bits per heavy atom. The van der Waals surface area contributed by atoms with Gasteiger partial charge in [-0.2, -0.15) is 0 Å². The van der Waals surface area contributed by atoms with Gasteiger partial charge in [-0.3, -0.25) is 14.5 Å². The van der Waals surface area contributed by atoms with Gasteiger partial charge < -0.3 is 15.3 Å². The van der Waals surface area contributed by atoms with Gasteiger partial charge >= 0.3 is 5.97 Å². The molecule has 7 heteroatoms. The van der Waals surface area contributed by atoms with Crippen LogP contribution in [0.2, 0.25) is 0 Å². The van der Waals surface area contributed by atoms with Crippen LogP contribution in [-0.2, 0) is 14.4 Å². The second-order valence-electron chi connectivity index (χ2n) is 11.1. The molecule has 7 nitrogen and oxygen atoms in total.